The third kappa shape index (κ3) is 3.90. The molecule has 1 aromatic rings. The van der Waals surface area contributed by atoms with Crippen molar-refractivity contribution in [2.75, 3.05) is 5.43 Å². The summed E-state index contributed by atoms with van der Waals surface area (Å²) in [7, 11) is 0. The number of hydrogen-bond donors (Lipinski definition) is 2. The molecular weight excluding hydrogens is 589 g/mol. The van der Waals surface area contributed by atoms with Gasteiger partial charge >= 0.3 is 5.97 Å². The highest BCUT2D eigenvalue weighted by Crippen LogP contribution is 2.31. The van der Waals surface area contributed by atoms with Crippen molar-refractivity contribution in [2.45, 2.75) is 0 Å². The molecule has 96 valence electrons. The van der Waals surface area contributed by atoms with Gasteiger partial charge in [0.05, 0.1) is 14.8 Å². The lowest BCUT2D eigenvalue weighted by molar-refractivity contribution is 0.0694. The number of nitrogens with one attached hydrogen (secondary N) is 1. The van der Waals surface area contributed by atoms with Crippen LogP contribution in [0, 0.1) is 33.4 Å². The molecule has 0 radical (unpaired) electrons. The molecule has 0 amide bonds. The van der Waals surface area contributed by atoms with E-state index in [2.05, 4.69) is 10.5 Å². The molecule has 0 saturated carbocycles. The van der Waals surface area contributed by atoms with Gasteiger partial charge in [-0.25, -0.2) is 4.79 Å². The fourth-order valence-electron chi connectivity index (χ4n) is 1.08. The topological polar surface area (TPSA) is 109 Å². The molecule has 0 bridgehead atoms. The molecule has 1 rings (SSSR count). The number of rotatable bonds is 3. The van der Waals surface area contributed by atoms with Gasteiger partial charge in [-0.1, -0.05) is 0 Å². The highest BCUT2D eigenvalue weighted by atomic mass is 127. The minimum Gasteiger partial charge on any atom is -0.478 e. The number of benzene rings is 1. The predicted octanol–water partition coefficient (Wildman–Crippen LogP) is 3.01. The van der Waals surface area contributed by atoms with Gasteiger partial charge < -0.3 is 5.11 Å². The number of aromatic carboxylic acids is 1. The highest BCUT2D eigenvalue weighted by molar-refractivity contribution is 14.1. The first-order chi connectivity index (χ1) is 8.92. The van der Waals surface area contributed by atoms with Crippen LogP contribution in [-0.4, -0.2) is 16.8 Å². The van der Waals surface area contributed by atoms with Crippen molar-refractivity contribution >= 4 is 85.1 Å². The summed E-state index contributed by atoms with van der Waals surface area (Å²) in [6.07, 6.45) is 0. The van der Waals surface area contributed by atoms with Gasteiger partial charge in [-0.15, -0.1) is 0 Å². The van der Waals surface area contributed by atoms with Crippen molar-refractivity contribution < 1.29 is 9.90 Å². The van der Waals surface area contributed by atoms with Crippen molar-refractivity contribution in [1.82, 2.24) is 0 Å². The third-order valence-electron chi connectivity index (χ3n) is 1.88. The Morgan fingerprint density at radius 3 is 2.32 bits per heavy atom. The molecule has 0 saturated heterocycles. The summed E-state index contributed by atoms with van der Waals surface area (Å²) in [4.78, 5) is 11.2. The van der Waals surface area contributed by atoms with Crippen LogP contribution in [0.1, 0.15) is 10.4 Å². The maximum Gasteiger partial charge on any atom is 0.337 e. The van der Waals surface area contributed by atoms with Gasteiger partial charge in [-0.2, -0.15) is 15.6 Å². The van der Waals surface area contributed by atoms with Crippen molar-refractivity contribution in [3.63, 3.8) is 0 Å². The Labute approximate surface area is 149 Å². The molecule has 0 aliphatic rings. The first-order valence-electron chi connectivity index (χ1n) is 4.47. The smallest absolute Gasteiger partial charge is 0.337 e. The largest absolute Gasteiger partial charge is 0.478 e. The SMILES string of the molecule is N#CC(C#N)=NNc1c(I)cc(I)c(C(=O)O)c1I. The average molecular weight is 592 g/mol. The first-order valence-corrected chi connectivity index (χ1v) is 7.70. The second-order valence-corrected chi connectivity index (χ2v) is 6.41. The molecule has 6 nitrogen and oxygen atoms in total. The molecule has 0 unspecified atom stereocenters. The fourth-order valence-corrected chi connectivity index (χ4v) is 5.15. The minimum absolute atomic E-state index is 0.162. The van der Waals surface area contributed by atoms with Crippen LogP contribution in [0.5, 0.6) is 0 Å². The van der Waals surface area contributed by atoms with Gasteiger partial charge in [0.1, 0.15) is 12.1 Å². The van der Waals surface area contributed by atoms with Crippen LogP contribution < -0.4 is 5.43 Å². The second kappa shape index (κ2) is 7.20. The van der Waals surface area contributed by atoms with E-state index in [1.165, 1.54) is 0 Å². The zero-order valence-corrected chi connectivity index (χ0v) is 15.4. The summed E-state index contributed by atoms with van der Waals surface area (Å²) in [5, 5.41) is 29.9. The van der Waals surface area contributed by atoms with Crippen LogP contribution in [0.15, 0.2) is 11.2 Å². The lowest BCUT2D eigenvalue weighted by atomic mass is 10.2. The van der Waals surface area contributed by atoms with E-state index in [0.29, 0.717) is 12.8 Å². The maximum absolute atomic E-state index is 11.2. The summed E-state index contributed by atoms with van der Waals surface area (Å²) >= 11 is 5.85. The second-order valence-electron chi connectivity index (χ2n) is 3.01. The molecule has 2 N–H and O–H groups in total. The van der Waals surface area contributed by atoms with E-state index >= 15 is 0 Å². The normalized spacial score (nSPS) is 9.11. The van der Waals surface area contributed by atoms with Crippen molar-refractivity contribution in [1.29, 1.82) is 10.5 Å². The van der Waals surface area contributed by atoms with Gasteiger partial charge in [0.2, 0.25) is 5.71 Å². The number of carbonyl (C=O) groups is 1. The van der Waals surface area contributed by atoms with Gasteiger partial charge in [-0.3, -0.25) is 5.43 Å². The van der Waals surface area contributed by atoms with Crippen LogP contribution in [-0.2, 0) is 0 Å². The Balaban J connectivity index is 3.35. The number of nitrogens with zero attached hydrogens (tertiary/aromatic N) is 3. The van der Waals surface area contributed by atoms with Crippen LogP contribution >= 0.6 is 67.8 Å². The van der Waals surface area contributed by atoms with Gasteiger partial charge in [0.15, 0.2) is 0 Å². The van der Waals surface area contributed by atoms with Gasteiger partial charge in [0.25, 0.3) is 0 Å². The fraction of sp³-hybridized carbons (Fsp3) is 0. The Kier molecular flexibility index (Phi) is 6.21. The molecule has 1 aromatic carbocycles. The molecule has 9 heteroatoms. The van der Waals surface area contributed by atoms with Crippen molar-refractivity contribution in [3.8, 4) is 12.1 Å². The van der Waals surface area contributed by atoms with Crippen LogP contribution in [0.3, 0.4) is 0 Å². The third-order valence-corrected chi connectivity index (χ3v) is 4.66. The highest BCUT2D eigenvalue weighted by Gasteiger charge is 2.19. The molecule has 0 heterocycles. The number of carboxylic acids is 1. The molecule has 0 atom stereocenters. The molecule has 0 fully saturated rings. The monoisotopic (exact) mass is 592 g/mol. The van der Waals surface area contributed by atoms with Crippen LogP contribution in [0.4, 0.5) is 5.69 Å². The Hall–Kier alpha value is -0.670. The molecule has 0 spiro atoms. The standard InChI is InChI=1S/C10H3I3N4O2/c11-5-1-6(12)9(8(13)7(5)10(18)19)17-16-4(2-14)3-15/h1,17H,(H,18,19). The number of halogens is 3. The number of anilines is 1. The van der Waals surface area contributed by atoms with Crippen molar-refractivity contribution in [3.05, 3.63) is 22.3 Å². The number of nitriles is 2. The average Bonchev–Trinajstić information content (AvgIpc) is 2.32. The van der Waals surface area contributed by atoms with E-state index in [9.17, 15) is 4.79 Å². The summed E-state index contributed by atoms with van der Waals surface area (Å²) in [6, 6.07) is 4.91. The molecule has 19 heavy (non-hydrogen) atoms. The zero-order valence-electron chi connectivity index (χ0n) is 8.91. The lowest BCUT2D eigenvalue weighted by Gasteiger charge is -2.11. The van der Waals surface area contributed by atoms with Crippen LogP contribution in [0.25, 0.3) is 0 Å². The van der Waals surface area contributed by atoms with Gasteiger partial charge in [-0.05, 0) is 73.8 Å². The summed E-state index contributed by atoms with van der Waals surface area (Å²) < 4.78 is 1.82. The lowest BCUT2D eigenvalue weighted by Crippen LogP contribution is -2.08. The number of hydrogen-bond acceptors (Lipinski definition) is 5. The van der Waals surface area contributed by atoms with E-state index in [4.69, 9.17) is 15.6 Å². The van der Waals surface area contributed by atoms with E-state index in [1.807, 2.05) is 67.8 Å². The minimum atomic E-state index is -1.04. The maximum atomic E-state index is 11.2. The van der Waals surface area contributed by atoms with E-state index in [0.717, 1.165) is 3.57 Å². The summed E-state index contributed by atoms with van der Waals surface area (Å²) in [5.74, 6) is -1.04. The molecule has 0 aliphatic carbocycles. The quantitative estimate of drug-likeness (QED) is 0.319. The molecular formula is C10H3I3N4O2. The van der Waals surface area contributed by atoms with Crippen molar-refractivity contribution in [2.24, 2.45) is 5.10 Å². The predicted molar refractivity (Wildman–Crippen MR) is 93.8 cm³/mol. The summed E-state index contributed by atoms with van der Waals surface area (Å²) in [6.45, 7) is 0. The van der Waals surface area contributed by atoms with E-state index < -0.39 is 5.97 Å². The zero-order chi connectivity index (χ0) is 14.6. The number of carboxylic acid groups (broad SMARTS) is 1. The Morgan fingerprint density at radius 2 is 1.84 bits per heavy atom. The van der Waals surface area contributed by atoms with E-state index in [1.54, 1.807) is 18.2 Å². The summed E-state index contributed by atoms with van der Waals surface area (Å²) in [5.41, 5.74) is 2.86. The Morgan fingerprint density at radius 1 is 1.26 bits per heavy atom. The van der Waals surface area contributed by atoms with Crippen LogP contribution in [0.2, 0.25) is 0 Å². The number of hydrazone groups is 1. The van der Waals surface area contributed by atoms with Gasteiger partial charge in [0, 0.05) is 7.14 Å². The molecule has 0 aliphatic heterocycles. The first kappa shape index (κ1) is 16.4. The molecule has 0 aromatic heterocycles. The van der Waals surface area contributed by atoms with E-state index in [-0.39, 0.29) is 11.3 Å². The Bertz CT molecular complexity index is 642.